The van der Waals surface area contributed by atoms with Gasteiger partial charge in [-0.25, -0.2) is 0 Å². The molecule has 1 fully saturated rings. The van der Waals surface area contributed by atoms with E-state index in [0.717, 1.165) is 32.0 Å². The van der Waals surface area contributed by atoms with Gasteiger partial charge in [-0.05, 0) is 24.6 Å². The van der Waals surface area contributed by atoms with E-state index in [1.165, 1.54) is 5.56 Å². The summed E-state index contributed by atoms with van der Waals surface area (Å²) in [5.41, 5.74) is 1.30. The Kier molecular flexibility index (Phi) is 3.80. The van der Waals surface area contributed by atoms with Crippen LogP contribution in [-0.2, 0) is 11.3 Å². The van der Waals surface area contributed by atoms with Crippen LogP contribution in [0, 0.1) is 0 Å². The number of methoxy groups -OCH3 is 1. The molecule has 2 rings (SSSR count). The molecule has 1 aromatic rings. The normalized spacial score (nSPS) is 22.0. The quantitative estimate of drug-likeness (QED) is 0.778. The van der Waals surface area contributed by atoms with Crippen molar-refractivity contribution in [2.24, 2.45) is 0 Å². The van der Waals surface area contributed by atoms with Crippen LogP contribution in [0.1, 0.15) is 12.5 Å². The topological polar surface area (TPSA) is 21.7 Å². The predicted molar refractivity (Wildman–Crippen MR) is 63.7 cm³/mol. The second-order valence-electron chi connectivity index (χ2n) is 4.27. The Bertz CT molecular complexity index is 340. The summed E-state index contributed by atoms with van der Waals surface area (Å²) >= 11 is 0. The molecule has 0 amide bonds. The molecule has 1 atom stereocenters. The summed E-state index contributed by atoms with van der Waals surface area (Å²) in [6, 6.07) is 8.26. The van der Waals surface area contributed by atoms with Crippen LogP contribution in [0.5, 0.6) is 5.75 Å². The van der Waals surface area contributed by atoms with Crippen molar-refractivity contribution in [3.05, 3.63) is 29.8 Å². The maximum Gasteiger partial charge on any atom is 0.119 e. The van der Waals surface area contributed by atoms with Gasteiger partial charge in [0.15, 0.2) is 0 Å². The van der Waals surface area contributed by atoms with Crippen LogP contribution in [0.4, 0.5) is 0 Å². The predicted octanol–water partition coefficient (Wildman–Crippen LogP) is 1.92. The second kappa shape index (κ2) is 5.32. The van der Waals surface area contributed by atoms with Gasteiger partial charge in [0, 0.05) is 19.6 Å². The third-order valence-electron chi connectivity index (χ3n) is 2.87. The van der Waals surface area contributed by atoms with E-state index in [1.807, 2.05) is 12.1 Å². The average molecular weight is 221 g/mol. The minimum atomic E-state index is 0.347. The third-order valence-corrected chi connectivity index (χ3v) is 2.87. The smallest absolute Gasteiger partial charge is 0.119 e. The van der Waals surface area contributed by atoms with E-state index < -0.39 is 0 Å². The van der Waals surface area contributed by atoms with Crippen LogP contribution in [0.3, 0.4) is 0 Å². The molecule has 16 heavy (non-hydrogen) atoms. The fourth-order valence-corrected chi connectivity index (χ4v) is 2.06. The maximum atomic E-state index is 5.52. The van der Waals surface area contributed by atoms with Gasteiger partial charge in [0.2, 0.25) is 0 Å². The van der Waals surface area contributed by atoms with Crippen molar-refractivity contribution < 1.29 is 9.47 Å². The van der Waals surface area contributed by atoms with E-state index in [-0.39, 0.29) is 0 Å². The average Bonchev–Trinajstić information content (AvgIpc) is 2.29. The molecule has 0 saturated carbocycles. The third kappa shape index (κ3) is 2.97. The summed E-state index contributed by atoms with van der Waals surface area (Å²) in [6.45, 7) is 5.96. The molecule has 0 unspecified atom stereocenters. The highest BCUT2D eigenvalue weighted by Crippen LogP contribution is 2.15. The van der Waals surface area contributed by atoms with Crippen LogP contribution in [0.2, 0.25) is 0 Å². The van der Waals surface area contributed by atoms with Crippen molar-refractivity contribution in [2.75, 3.05) is 26.8 Å². The highest BCUT2D eigenvalue weighted by atomic mass is 16.5. The molecule has 3 heteroatoms. The van der Waals surface area contributed by atoms with E-state index in [0.29, 0.717) is 6.10 Å². The molecule has 1 aliphatic rings. The first-order chi connectivity index (χ1) is 7.78. The fraction of sp³-hybridized carbons (Fsp3) is 0.538. The summed E-state index contributed by atoms with van der Waals surface area (Å²) in [6.07, 6.45) is 0.347. The van der Waals surface area contributed by atoms with Gasteiger partial charge in [-0.3, -0.25) is 4.90 Å². The number of benzene rings is 1. The minimum Gasteiger partial charge on any atom is -0.497 e. The van der Waals surface area contributed by atoms with Gasteiger partial charge in [-0.15, -0.1) is 0 Å². The highest BCUT2D eigenvalue weighted by Gasteiger charge is 2.16. The van der Waals surface area contributed by atoms with Crippen molar-refractivity contribution in [1.82, 2.24) is 4.90 Å². The lowest BCUT2D eigenvalue weighted by atomic mass is 10.2. The standard InChI is InChI=1S/C13H19NO2/c1-11-9-14(6-7-16-11)10-12-4-3-5-13(8-12)15-2/h3-5,8,11H,6-7,9-10H2,1-2H3/t11-/m1/s1. The molecule has 1 aromatic carbocycles. The molecule has 1 heterocycles. The Morgan fingerprint density at radius 2 is 2.38 bits per heavy atom. The molecule has 0 bridgehead atoms. The van der Waals surface area contributed by atoms with E-state index in [9.17, 15) is 0 Å². The molecule has 0 radical (unpaired) electrons. The largest absolute Gasteiger partial charge is 0.497 e. The van der Waals surface area contributed by atoms with E-state index in [4.69, 9.17) is 9.47 Å². The van der Waals surface area contributed by atoms with Crippen LogP contribution in [-0.4, -0.2) is 37.8 Å². The molecular weight excluding hydrogens is 202 g/mol. The zero-order chi connectivity index (χ0) is 11.4. The van der Waals surface area contributed by atoms with Crippen molar-refractivity contribution in [3.8, 4) is 5.75 Å². The Labute approximate surface area is 97.0 Å². The number of hydrogen-bond donors (Lipinski definition) is 0. The Morgan fingerprint density at radius 1 is 1.50 bits per heavy atom. The Morgan fingerprint density at radius 3 is 3.12 bits per heavy atom. The van der Waals surface area contributed by atoms with Crippen LogP contribution in [0.25, 0.3) is 0 Å². The molecule has 88 valence electrons. The van der Waals surface area contributed by atoms with E-state index in [1.54, 1.807) is 7.11 Å². The Hall–Kier alpha value is -1.06. The molecule has 0 aliphatic carbocycles. The summed E-state index contributed by atoms with van der Waals surface area (Å²) in [7, 11) is 1.70. The molecule has 0 aromatic heterocycles. The minimum absolute atomic E-state index is 0.347. The summed E-state index contributed by atoms with van der Waals surface area (Å²) < 4.78 is 10.7. The van der Waals surface area contributed by atoms with Gasteiger partial charge in [0.25, 0.3) is 0 Å². The number of nitrogens with zero attached hydrogens (tertiary/aromatic N) is 1. The maximum absolute atomic E-state index is 5.52. The van der Waals surface area contributed by atoms with Crippen molar-refractivity contribution in [3.63, 3.8) is 0 Å². The molecule has 3 nitrogen and oxygen atoms in total. The van der Waals surface area contributed by atoms with Gasteiger partial charge < -0.3 is 9.47 Å². The van der Waals surface area contributed by atoms with E-state index in [2.05, 4.69) is 24.0 Å². The zero-order valence-corrected chi connectivity index (χ0v) is 9.98. The monoisotopic (exact) mass is 221 g/mol. The molecular formula is C13H19NO2. The van der Waals surface area contributed by atoms with Crippen molar-refractivity contribution in [1.29, 1.82) is 0 Å². The lowest BCUT2D eigenvalue weighted by molar-refractivity contribution is -0.0212. The second-order valence-corrected chi connectivity index (χ2v) is 4.27. The van der Waals surface area contributed by atoms with Gasteiger partial charge in [0.1, 0.15) is 5.75 Å². The van der Waals surface area contributed by atoms with Gasteiger partial charge in [0.05, 0.1) is 19.8 Å². The molecule has 0 N–H and O–H groups in total. The summed E-state index contributed by atoms with van der Waals surface area (Å²) in [4.78, 5) is 2.42. The summed E-state index contributed by atoms with van der Waals surface area (Å²) in [5.74, 6) is 0.929. The highest BCUT2D eigenvalue weighted by molar-refractivity contribution is 5.28. The lowest BCUT2D eigenvalue weighted by Crippen LogP contribution is -2.40. The number of morpholine rings is 1. The number of hydrogen-bond acceptors (Lipinski definition) is 3. The van der Waals surface area contributed by atoms with Gasteiger partial charge in [-0.2, -0.15) is 0 Å². The first-order valence-electron chi connectivity index (χ1n) is 5.75. The van der Waals surface area contributed by atoms with Gasteiger partial charge in [-0.1, -0.05) is 12.1 Å². The molecule has 0 spiro atoms. The molecule has 1 saturated heterocycles. The van der Waals surface area contributed by atoms with Gasteiger partial charge >= 0.3 is 0 Å². The summed E-state index contributed by atoms with van der Waals surface area (Å²) in [5, 5.41) is 0. The SMILES string of the molecule is COc1cccc(CN2CCO[C@H](C)C2)c1. The van der Waals surface area contributed by atoms with Crippen molar-refractivity contribution >= 4 is 0 Å². The van der Waals surface area contributed by atoms with E-state index >= 15 is 0 Å². The van der Waals surface area contributed by atoms with Crippen molar-refractivity contribution in [2.45, 2.75) is 19.6 Å². The zero-order valence-electron chi connectivity index (χ0n) is 9.98. The van der Waals surface area contributed by atoms with Crippen LogP contribution in [0.15, 0.2) is 24.3 Å². The Balaban J connectivity index is 1.97. The number of ether oxygens (including phenoxy) is 2. The van der Waals surface area contributed by atoms with Crippen LogP contribution >= 0.6 is 0 Å². The fourth-order valence-electron chi connectivity index (χ4n) is 2.06. The first-order valence-corrected chi connectivity index (χ1v) is 5.75. The lowest BCUT2D eigenvalue weighted by Gasteiger charge is -2.31. The first kappa shape index (κ1) is 11.4. The van der Waals surface area contributed by atoms with Crippen LogP contribution < -0.4 is 4.74 Å². The molecule has 1 aliphatic heterocycles. The number of rotatable bonds is 3.